The third kappa shape index (κ3) is 3.57. The zero-order chi connectivity index (χ0) is 17.2. The van der Waals surface area contributed by atoms with Gasteiger partial charge >= 0.3 is 5.97 Å². The minimum absolute atomic E-state index is 0.000540. The van der Waals surface area contributed by atoms with Gasteiger partial charge in [-0.2, -0.15) is 5.26 Å². The zero-order valence-electron chi connectivity index (χ0n) is 13.3. The summed E-state index contributed by atoms with van der Waals surface area (Å²) >= 11 is 0. The zero-order valence-corrected chi connectivity index (χ0v) is 13.3. The summed E-state index contributed by atoms with van der Waals surface area (Å²) in [5.41, 5.74) is 1.07. The number of benzene rings is 1. The molecule has 0 aliphatic heterocycles. The Labute approximate surface area is 134 Å². The summed E-state index contributed by atoms with van der Waals surface area (Å²) in [6.07, 6.45) is 1.82. The highest BCUT2D eigenvalue weighted by atomic mass is 16.6. The fourth-order valence-corrected chi connectivity index (χ4v) is 2.70. The van der Waals surface area contributed by atoms with Gasteiger partial charge in [-0.1, -0.05) is 19.9 Å². The van der Waals surface area contributed by atoms with Crippen LogP contribution < -0.4 is 0 Å². The van der Waals surface area contributed by atoms with Crippen LogP contribution in [0.2, 0.25) is 0 Å². The largest absolute Gasteiger partial charge is 0.461 e. The molecule has 0 spiro atoms. The average Bonchev–Trinajstić information content (AvgIpc) is 3.05. The van der Waals surface area contributed by atoms with Gasteiger partial charge in [-0.15, -0.1) is 0 Å². The summed E-state index contributed by atoms with van der Waals surface area (Å²) in [5, 5.41) is 19.4. The summed E-state index contributed by atoms with van der Waals surface area (Å²) < 4.78 is 5.31. The van der Waals surface area contributed by atoms with E-state index in [4.69, 9.17) is 10.00 Å². The highest BCUT2D eigenvalue weighted by Crippen LogP contribution is 2.59. The highest BCUT2D eigenvalue weighted by Gasteiger charge is 2.61. The van der Waals surface area contributed by atoms with Gasteiger partial charge in [-0.3, -0.25) is 14.9 Å². The number of nitriles is 1. The minimum atomic E-state index is -0.475. The van der Waals surface area contributed by atoms with E-state index in [1.54, 1.807) is 19.1 Å². The fourth-order valence-electron chi connectivity index (χ4n) is 2.70. The van der Waals surface area contributed by atoms with Crippen molar-refractivity contribution < 1.29 is 14.5 Å². The Morgan fingerprint density at radius 3 is 2.57 bits per heavy atom. The molecule has 2 rings (SSSR count). The molecule has 1 aliphatic carbocycles. The first-order chi connectivity index (χ1) is 10.8. The summed E-state index contributed by atoms with van der Waals surface area (Å²) in [4.78, 5) is 22.3. The second-order valence-corrected chi connectivity index (χ2v) is 6.32. The molecule has 1 aromatic carbocycles. The van der Waals surface area contributed by atoms with Crippen molar-refractivity contribution in [3.8, 4) is 6.07 Å². The third-order valence-corrected chi connectivity index (χ3v) is 4.30. The standard InChI is InChI=1S/C17H18N2O4/c1-11(9-18)8-14-15(17(14,2)3)16(20)23-10-12-4-6-13(7-5-12)19(21)22/h4-8,14-15H,10H2,1-3H3/b11-8+. The van der Waals surface area contributed by atoms with Gasteiger partial charge in [0.05, 0.1) is 16.9 Å². The minimum Gasteiger partial charge on any atom is -0.461 e. The van der Waals surface area contributed by atoms with Gasteiger partial charge in [0.1, 0.15) is 6.61 Å². The number of nitrogens with zero attached hydrogens (tertiary/aromatic N) is 2. The van der Waals surface area contributed by atoms with Crippen LogP contribution >= 0.6 is 0 Å². The number of ether oxygens (including phenoxy) is 1. The number of carbonyl (C=O) groups excluding carboxylic acids is 1. The number of nitro benzene ring substituents is 1. The molecule has 0 saturated heterocycles. The lowest BCUT2D eigenvalue weighted by atomic mass is 10.1. The van der Waals surface area contributed by atoms with Crippen LogP contribution in [0.5, 0.6) is 0 Å². The van der Waals surface area contributed by atoms with Crippen LogP contribution in [0.1, 0.15) is 26.3 Å². The van der Waals surface area contributed by atoms with Crippen LogP contribution in [0.15, 0.2) is 35.9 Å². The number of non-ortho nitro benzene ring substituents is 1. The second-order valence-electron chi connectivity index (χ2n) is 6.32. The Kier molecular flexibility index (Phi) is 4.50. The molecule has 1 saturated carbocycles. The van der Waals surface area contributed by atoms with Crippen molar-refractivity contribution in [3.05, 3.63) is 51.6 Å². The van der Waals surface area contributed by atoms with Crippen molar-refractivity contribution in [1.82, 2.24) is 0 Å². The Hall–Kier alpha value is -2.68. The van der Waals surface area contributed by atoms with E-state index in [9.17, 15) is 14.9 Å². The van der Waals surface area contributed by atoms with E-state index in [0.717, 1.165) is 0 Å². The Bertz CT molecular complexity index is 698. The van der Waals surface area contributed by atoms with Crippen molar-refractivity contribution in [2.45, 2.75) is 27.4 Å². The number of nitro groups is 1. The Balaban J connectivity index is 1.95. The fraction of sp³-hybridized carbons (Fsp3) is 0.412. The van der Waals surface area contributed by atoms with Crippen LogP contribution in [0.4, 0.5) is 5.69 Å². The molecule has 6 nitrogen and oxygen atoms in total. The Morgan fingerprint density at radius 1 is 1.43 bits per heavy atom. The van der Waals surface area contributed by atoms with Gasteiger partial charge in [-0.05, 0) is 36.0 Å². The van der Waals surface area contributed by atoms with E-state index in [1.165, 1.54) is 12.1 Å². The van der Waals surface area contributed by atoms with E-state index in [1.807, 2.05) is 19.9 Å². The van der Waals surface area contributed by atoms with Crippen molar-refractivity contribution >= 4 is 11.7 Å². The maximum atomic E-state index is 12.2. The molecular formula is C17H18N2O4. The summed E-state index contributed by atoms with van der Waals surface area (Å²) in [7, 11) is 0. The van der Waals surface area contributed by atoms with Gasteiger partial charge in [0, 0.05) is 17.7 Å². The number of hydrogen-bond acceptors (Lipinski definition) is 5. The lowest BCUT2D eigenvalue weighted by Crippen LogP contribution is -2.10. The molecule has 0 heterocycles. The smallest absolute Gasteiger partial charge is 0.310 e. The van der Waals surface area contributed by atoms with Gasteiger partial charge in [0.25, 0.3) is 5.69 Å². The van der Waals surface area contributed by atoms with E-state index < -0.39 is 4.92 Å². The van der Waals surface area contributed by atoms with Crippen molar-refractivity contribution in [2.24, 2.45) is 17.3 Å². The molecule has 23 heavy (non-hydrogen) atoms. The molecule has 0 amide bonds. The van der Waals surface area contributed by atoms with Crippen LogP contribution in [0, 0.1) is 38.7 Å². The quantitative estimate of drug-likeness (QED) is 0.359. The third-order valence-electron chi connectivity index (χ3n) is 4.30. The molecular weight excluding hydrogens is 296 g/mol. The van der Waals surface area contributed by atoms with E-state index in [-0.39, 0.29) is 35.5 Å². The molecule has 1 fully saturated rings. The van der Waals surface area contributed by atoms with Crippen molar-refractivity contribution in [1.29, 1.82) is 5.26 Å². The number of rotatable bonds is 5. The summed E-state index contributed by atoms with van der Waals surface area (Å²) in [5.74, 6) is -0.560. The van der Waals surface area contributed by atoms with Gasteiger partial charge in [-0.25, -0.2) is 0 Å². The number of carbonyl (C=O) groups is 1. The predicted molar refractivity (Wildman–Crippen MR) is 83.0 cm³/mol. The van der Waals surface area contributed by atoms with Crippen LogP contribution in [-0.2, 0) is 16.1 Å². The lowest BCUT2D eigenvalue weighted by molar-refractivity contribution is -0.384. The van der Waals surface area contributed by atoms with Gasteiger partial charge in [0.15, 0.2) is 0 Å². The molecule has 6 heteroatoms. The van der Waals surface area contributed by atoms with E-state index in [2.05, 4.69) is 6.07 Å². The first kappa shape index (κ1) is 16.7. The molecule has 0 N–H and O–H groups in total. The van der Waals surface area contributed by atoms with Gasteiger partial charge in [0.2, 0.25) is 0 Å². The van der Waals surface area contributed by atoms with Crippen molar-refractivity contribution in [3.63, 3.8) is 0 Å². The molecule has 0 radical (unpaired) electrons. The Morgan fingerprint density at radius 2 is 2.04 bits per heavy atom. The SMILES string of the molecule is C/C(C#N)=C\C1C(C(=O)OCc2ccc([N+](=O)[O-])cc2)C1(C)C. The summed E-state index contributed by atoms with van der Waals surface area (Å²) in [6.45, 7) is 5.73. The number of esters is 1. The van der Waals surface area contributed by atoms with Crippen molar-refractivity contribution in [2.75, 3.05) is 0 Å². The van der Waals surface area contributed by atoms with E-state index >= 15 is 0 Å². The number of allylic oxidation sites excluding steroid dienone is 2. The first-order valence-corrected chi connectivity index (χ1v) is 7.26. The second kappa shape index (κ2) is 6.21. The maximum absolute atomic E-state index is 12.2. The molecule has 2 atom stereocenters. The average molecular weight is 314 g/mol. The molecule has 120 valence electrons. The normalized spacial score (nSPS) is 22.1. The lowest BCUT2D eigenvalue weighted by Gasteiger charge is -2.05. The monoisotopic (exact) mass is 314 g/mol. The molecule has 2 unspecified atom stereocenters. The van der Waals surface area contributed by atoms with Crippen LogP contribution in [0.25, 0.3) is 0 Å². The molecule has 1 aliphatic rings. The van der Waals surface area contributed by atoms with Gasteiger partial charge < -0.3 is 4.74 Å². The highest BCUT2D eigenvalue weighted by molar-refractivity contribution is 5.78. The van der Waals surface area contributed by atoms with Crippen LogP contribution in [0.3, 0.4) is 0 Å². The molecule has 0 bridgehead atoms. The van der Waals surface area contributed by atoms with Crippen LogP contribution in [-0.4, -0.2) is 10.9 Å². The summed E-state index contributed by atoms with van der Waals surface area (Å²) in [6, 6.07) is 7.96. The number of hydrogen-bond donors (Lipinski definition) is 0. The first-order valence-electron chi connectivity index (χ1n) is 7.26. The molecule has 1 aromatic rings. The topological polar surface area (TPSA) is 93.2 Å². The molecule has 0 aromatic heterocycles. The van der Waals surface area contributed by atoms with E-state index in [0.29, 0.717) is 11.1 Å². The predicted octanol–water partition coefficient (Wildman–Crippen LogP) is 3.38. The maximum Gasteiger partial charge on any atom is 0.310 e.